The minimum Gasteiger partial charge on any atom is -0.443 e. The molecule has 0 aliphatic carbocycles. The Morgan fingerprint density at radius 3 is 2.88 bits per heavy atom. The van der Waals surface area contributed by atoms with Gasteiger partial charge >= 0.3 is 0 Å². The molecule has 0 unspecified atom stereocenters. The minimum absolute atomic E-state index is 0.132. The Kier molecular flexibility index (Phi) is 5.34. The molecule has 3 aromatic heterocycles. The highest BCUT2D eigenvalue weighted by Gasteiger charge is 2.34. The molecule has 9 heteroatoms. The summed E-state index contributed by atoms with van der Waals surface area (Å²) in [4.78, 5) is 39.8. The van der Waals surface area contributed by atoms with Gasteiger partial charge in [-0.2, -0.15) is 0 Å². The number of aromatic nitrogens is 3. The van der Waals surface area contributed by atoms with Crippen LogP contribution in [-0.4, -0.2) is 32.3 Å². The minimum atomic E-state index is -0.280. The average Bonchev–Trinajstić information content (AvgIpc) is 3.40. The van der Waals surface area contributed by atoms with E-state index in [1.807, 2.05) is 0 Å². The van der Waals surface area contributed by atoms with Gasteiger partial charge in [-0.15, -0.1) is 11.3 Å². The first-order chi connectivity index (χ1) is 15.5. The van der Waals surface area contributed by atoms with E-state index in [-0.39, 0.29) is 23.3 Å². The molecule has 32 heavy (non-hydrogen) atoms. The van der Waals surface area contributed by atoms with Gasteiger partial charge in [-0.25, -0.2) is 14.4 Å². The van der Waals surface area contributed by atoms with Gasteiger partial charge in [0.15, 0.2) is 0 Å². The number of fused-ring (bicyclic) bond motifs is 1. The topological polar surface area (TPSA) is 92.1 Å². The molecule has 4 heterocycles. The molecule has 5 rings (SSSR count). The van der Waals surface area contributed by atoms with E-state index in [0.717, 1.165) is 24.8 Å². The summed E-state index contributed by atoms with van der Waals surface area (Å²) in [6, 6.07) is 6.00. The van der Waals surface area contributed by atoms with Crippen LogP contribution in [0.25, 0.3) is 10.2 Å². The predicted octanol–water partition coefficient (Wildman–Crippen LogP) is 4.38. The van der Waals surface area contributed by atoms with Crippen molar-refractivity contribution in [2.75, 3.05) is 6.54 Å². The van der Waals surface area contributed by atoms with Gasteiger partial charge in [-0.3, -0.25) is 9.59 Å². The number of oxazole rings is 1. The zero-order valence-electron chi connectivity index (χ0n) is 17.4. The van der Waals surface area contributed by atoms with Crippen LogP contribution in [0.1, 0.15) is 57.8 Å². The van der Waals surface area contributed by atoms with Crippen molar-refractivity contribution < 1.29 is 13.6 Å². The first-order valence-electron chi connectivity index (χ1n) is 10.5. The molecule has 1 aromatic carbocycles. The van der Waals surface area contributed by atoms with Gasteiger partial charge in [0.05, 0.1) is 22.8 Å². The Balaban J connectivity index is 1.42. The van der Waals surface area contributed by atoms with E-state index in [1.54, 1.807) is 30.2 Å². The van der Waals surface area contributed by atoms with Crippen LogP contribution in [0.4, 0.5) is 4.39 Å². The highest BCUT2D eigenvalue weighted by atomic mass is 32.1. The molecule has 1 amide bonds. The number of amides is 1. The number of halogens is 1. The Hall–Kier alpha value is -3.33. The van der Waals surface area contributed by atoms with Crippen molar-refractivity contribution in [3.8, 4) is 0 Å². The lowest BCUT2D eigenvalue weighted by Crippen LogP contribution is -2.38. The van der Waals surface area contributed by atoms with Crippen molar-refractivity contribution in [3.63, 3.8) is 0 Å². The number of nitrogens with one attached hydrogen (secondary N) is 1. The van der Waals surface area contributed by atoms with Gasteiger partial charge in [-0.1, -0.05) is 12.1 Å². The zero-order chi connectivity index (χ0) is 22.2. The van der Waals surface area contributed by atoms with E-state index in [0.29, 0.717) is 45.3 Å². The van der Waals surface area contributed by atoms with Crippen molar-refractivity contribution in [1.82, 2.24) is 19.9 Å². The van der Waals surface area contributed by atoms with Gasteiger partial charge in [0.25, 0.3) is 11.5 Å². The highest BCUT2D eigenvalue weighted by Crippen LogP contribution is 2.35. The third-order valence-corrected chi connectivity index (χ3v) is 7.03. The molecule has 4 aromatic rings. The Bertz CT molecular complexity index is 1340. The van der Waals surface area contributed by atoms with E-state index in [1.165, 1.54) is 29.8 Å². The summed E-state index contributed by atoms with van der Waals surface area (Å²) in [7, 11) is 0. The number of aryl methyl sites for hydroxylation is 1. The number of aromatic amines is 1. The van der Waals surface area contributed by atoms with Crippen LogP contribution in [0, 0.1) is 12.7 Å². The second-order valence-electron chi connectivity index (χ2n) is 7.95. The van der Waals surface area contributed by atoms with Crippen LogP contribution in [0.3, 0.4) is 0 Å². The van der Waals surface area contributed by atoms with Crippen molar-refractivity contribution in [3.05, 3.63) is 80.6 Å². The van der Waals surface area contributed by atoms with Crippen molar-refractivity contribution in [2.24, 2.45) is 0 Å². The summed E-state index contributed by atoms with van der Waals surface area (Å²) < 4.78 is 19.2. The molecule has 1 saturated heterocycles. The van der Waals surface area contributed by atoms with Crippen LogP contribution in [0.2, 0.25) is 0 Å². The van der Waals surface area contributed by atoms with E-state index >= 15 is 0 Å². The van der Waals surface area contributed by atoms with E-state index < -0.39 is 0 Å². The summed E-state index contributed by atoms with van der Waals surface area (Å²) >= 11 is 1.24. The number of carbonyl (C=O) groups excluding carboxylic acids is 1. The second-order valence-corrected chi connectivity index (χ2v) is 8.95. The van der Waals surface area contributed by atoms with Gasteiger partial charge in [0, 0.05) is 13.0 Å². The van der Waals surface area contributed by atoms with E-state index in [4.69, 9.17) is 4.42 Å². The van der Waals surface area contributed by atoms with Crippen LogP contribution in [0.15, 0.2) is 46.0 Å². The fourth-order valence-electron chi connectivity index (χ4n) is 4.21. The van der Waals surface area contributed by atoms with Crippen molar-refractivity contribution in [1.29, 1.82) is 0 Å². The zero-order valence-corrected chi connectivity index (χ0v) is 18.2. The van der Waals surface area contributed by atoms with Crippen molar-refractivity contribution >= 4 is 27.5 Å². The number of carbonyl (C=O) groups is 1. The maximum Gasteiger partial charge on any atom is 0.264 e. The molecule has 7 nitrogen and oxygen atoms in total. The number of hydrogen-bond donors (Lipinski definition) is 1. The Morgan fingerprint density at radius 2 is 2.09 bits per heavy atom. The molecule has 1 fully saturated rings. The molecule has 0 bridgehead atoms. The number of likely N-dealkylation sites (tertiary alicyclic amines) is 1. The molecule has 0 saturated carbocycles. The molecule has 0 radical (unpaired) electrons. The number of piperidine rings is 1. The summed E-state index contributed by atoms with van der Waals surface area (Å²) in [6.07, 6.45) is 6.14. The Labute approximate surface area is 186 Å². The van der Waals surface area contributed by atoms with Crippen LogP contribution in [0.5, 0.6) is 0 Å². The lowest BCUT2D eigenvalue weighted by atomic mass is 10.0. The SMILES string of the molecule is Cc1c(C(=O)N2CCCC[C@H]2c2ncc(Cc3ccc(F)cc3)o2)sc2nc[nH]c(=O)c12. The number of benzene rings is 1. The van der Waals surface area contributed by atoms with Crippen molar-refractivity contribution in [2.45, 2.75) is 38.6 Å². The molecular weight excluding hydrogens is 431 g/mol. The fraction of sp³-hybridized carbons (Fsp3) is 0.304. The molecular formula is C23H21FN4O3S. The monoisotopic (exact) mass is 452 g/mol. The smallest absolute Gasteiger partial charge is 0.264 e. The third kappa shape index (κ3) is 3.73. The van der Waals surface area contributed by atoms with E-state index in [2.05, 4.69) is 15.0 Å². The quantitative estimate of drug-likeness (QED) is 0.496. The molecule has 1 N–H and O–H groups in total. The van der Waals surface area contributed by atoms with Gasteiger partial charge in [0.1, 0.15) is 22.4 Å². The molecule has 1 aliphatic rings. The normalized spacial score (nSPS) is 16.6. The van der Waals surface area contributed by atoms with E-state index in [9.17, 15) is 14.0 Å². The maximum absolute atomic E-state index is 13.5. The number of thiophene rings is 1. The molecule has 1 atom stereocenters. The standard InChI is InChI=1S/C23H21FN4O3S/c1-13-18-20(29)26-12-27-22(18)32-19(13)23(30)28-9-3-2-4-17(28)21-25-11-16(31-21)10-14-5-7-15(24)8-6-14/h5-8,11-12,17H,2-4,9-10H2,1H3,(H,26,27,29)/t17-/m0/s1. The fourth-order valence-corrected chi connectivity index (χ4v) is 5.31. The largest absolute Gasteiger partial charge is 0.443 e. The summed E-state index contributed by atoms with van der Waals surface area (Å²) in [5.41, 5.74) is 1.33. The van der Waals surface area contributed by atoms with Gasteiger partial charge in [-0.05, 0) is 49.4 Å². The lowest BCUT2D eigenvalue weighted by molar-refractivity contribution is 0.0574. The first-order valence-corrected chi connectivity index (χ1v) is 11.3. The number of rotatable bonds is 4. The first kappa shape index (κ1) is 20.6. The third-order valence-electron chi connectivity index (χ3n) is 5.84. The summed E-state index contributed by atoms with van der Waals surface area (Å²) in [5.74, 6) is 0.758. The highest BCUT2D eigenvalue weighted by molar-refractivity contribution is 7.20. The molecule has 164 valence electrons. The number of nitrogens with zero attached hydrogens (tertiary/aromatic N) is 3. The molecule has 0 spiro atoms. The van der Waals surface area contributed by atoms with Crippen LogP contribution < -0.4 is 5.56 Å². The summed E-state index contributed by atoms with van der Waals surface area (Å²) in [6.45, 7) is 2.38. The van der Waals surface area contributed by atoms with Crippen LogP contribution >= 0.6 is 11.3 Å². The number of H-pyrrole nitrogens is 1. The second kappa shape index (κ2) is 8.31. The molecule has 1 aliphatic heterocycles. The lowest BCUT2D eigenvalue weighted by Gasteiger charge is -2.33. The van der Waals surface area contributed by atoms with Crippen LogP contribution in [-0.2, 0) is 6.42 Å². The summed E-state index contributed by atoms with van der Waals surface area (Å²) in [5, 5.41) is 0.465. The van der Waals surface area contributed by atoms with Gasteiger partial charge in [0.2, 0.25) is 5.89 Å². The Morgan fingerprint density at radius 1 is 1.28 bits per heavy atom. The maximum atomic E-state index is 13.5. The van der Waals surface area contributed by atoms with Gasteiger partial charge < -0.3 is 14.3 Å². The average molecular weight is 453 g/mol. The predicted molar refractivity (Wildman–Crippen MR) is 118 cm³/mol. The number of hydrogen-bond acceptors (Lipinski definition) is 6.